The Kier molecular flexibility index (Phi) is 7.84. The summed E-state index contributed by atoms with van der Waals surface area (Å²) in [5.41, 5.74) is 3.25. The normalized spacial score (nSPS) is 10.6. The number of nitrogens with one attached hydrogen (secondary N) is 3. The van der Waals surface area contributed by atoms with Crippen molar-refractivity contribution in [1.29, 1.82) is 0 Å². The molecule has 0 aromatic heterocycles. The van der Waals surface area contributed by atoms with Crippen LogP contribution in [0, 0.1) is 5.82 Å². The topological polar surface area (TPSA) is 109 Å². The van der Waals surface area contributed by atoms with Gasteiger partial charge in [0, 0.05) is 11.7 Å². The van der Waals surface area contributed by atoms with Crippen molar-refractivity contribution >= 4 is 29.6 Å². The monoisotopic (exact) mass is 400 g/mol. The second-order valence-electron chi connectivity index (χ2n) is 6.24. The Morgan fingerprint density at radius 3 is 2.31 bits per heavy atom. The summed E-state index contributed by atoms with van der Waals surface area (Å²) < 4.78 is 18.2. The van der Waals surface area contributed by atoms with Crippen molar-refractivity contribution in [3.05, 3.63) is 59.9 Å². The lowest BCUT2D eigenvalue weighted by molar-refractivity contribution is -0.139. The maximum atomic E-state index is 12.8. The van der Waals surface area contributed by atoms with Gasteiger partial charge in [-0.05, 0) is 67.9 Å². The summed E-state index contributed by atoms with van der Waals surface area (Å²) in [7, 11) is 0. The van der Waals surface area contributed by atoms with E-state index in [2.05, 4.69) is 21.2 Å². The van der Waals surface area contributed by atoms with Gasteiger partial charge in [-0.25, -0.2) is 9.82 Å². The summed E-state index contributed by atoms with van der Waals surface area (Å²) in [5, 5.41) is 8.74. The third-order valence-electron chi connectivity index (χ3n) is 3.38. The standard InChI is InChI=1S/C20H21FN4O4/c1-13(2)23-19(27)20(28)25-22-11-14-3-9-17(10-4-14)29-12-18(26)24-16-7-5-15(21)6-8-16/h3-11,13H,12H2,1-2H3,(H,23,27)(H,24,26)(H,25,28)/b22-11-. The van der Waals surface area contributed by atoms with Gasteiger partial charge in [0.15, 0.2) is 6.61 Å². The first-order chi connectivity index (χ1) is 13.8. The van der Waals surface area contributed by atoms with Gasteiger partial charge in [-0.3, -0.25) is 14.4 Å². The third kappa shape index (κ3) is 7.79. The van der Waals surface area contributed by atoms with Gasteiger partial charge in [-0.15, -0.1) is 0 Å². The molecule has 0 fully saturated rings. The van der Waals surface area contributed by atoms with Crippen LogP contribution in [-0.4, -0.2) is 36.6 Å². The third-order valence-corrected chi connectivity index (χ3v) is 3.38. The van der Waals surface area contributed by atoms with Gasteiger partial charge in [0.25, 0.3) is 5.91 Å². The lowest BCUT2D eigenvalue weighted by atomic mass is 10.2. The van der Waals surface area contributed by atoms with E-state index in [1.807, 2.05) is 0 Å². The molecular weight excluding hydrogens is 379 g/mol. The first kappa shape index (κ1) is 21.5. The van der Waals surface area contributed by atoms with Gasteiger partial charge in [0.1, 0.15) is 11.6 Å². The smallest absolute Gasteiger partial charge is 0.329 e. The van der Waals surface area contributed by atoms with Crippen LogP contribution in [0.3, 0.4) is 0 Å². The van der Waals surface area contributed by atoms with Crippen molar-refractivity contribution in [2.24, 2.45) is 5.10 Å². The maximum absolute atomic E-state index is 12.8. The number of ether oxygens (including phenoxy) is 1. The molecule has 0 bridgehead atoms. The molecule has 0 aliphatic carbocycles. The summed E-state index contributed by atoms with van der Waals surface area (Å²) >= 11 is 0. The highest BCUT2D eigenvalue weighted by Crippen LogP contribution is 2.12. The first-order valence-electron chi connectivity index (χ1n) is 8.75. The molecule has 0 radical (unpaired) electrons. The van der Waals surface area contributed by atoms with Crippen LogP contribution < -0.4 is 20.8 Å². The van der Waals surface area contributed by atoms with Gasteiger partial charge in [-0.2, -0.15) is 5.10 Å². The summed E-state index contributed by atoms with van der Waals surface area (Å²) in [6, 6.07) is 11.8. The number of carbonyl (C=O) groups is 3. The van der Waals surface area contributed by atoms with Gasteiger partial charge in [-0.1, -0.05) is 0 Å². The molecule has 0 unspecified atom stereocenters. The average Bonchev–Trinajstić information content (AvgIpc) is 2.68. The number of hydrazone groups is 1. The molecule has 2 aromatic rings. The fraction of sp³-hybridized carbons (Fsp3) is 0.200. The molecule has 0 atom stereocenters. The summed E-state index contributed by atoms with van der Waals surface area (Å²) in [4.78, 5) is 34.8. The van der Waals surface area contributed by atoms with Crippen LogP contribution in [0.25, 0.3) is 0 Å². The van der Waals surface area contributed by atoms with Crippen LogP contribution in [0.4, 0.5) is 10.1 Å². The number of amides is 3. The van der Waals surface area contributed by atoms with Crippen LogP contribution in [0.1, 0.15) is 19.4 Å². The van der Waals surface area contributed by atoms with E-state index < -0.39 is 11.8 Å². The molecule has 29 heavy (non-hydrogen) atoms. The van der Waals surface area contributed by atoms with Gasteiger partial charge in [0.2, 0.25) is 0 Å². The number of rotatable bonds is 7. The molecule has 3 N–H and O–H groups in total. The van der Waals surface area contributed by atoms with Crippen molar-refractivity contribution in [1.82, 2.24) is 10.7 Å². The fourth-order valence-corrected chi connectivity index (χ4v) is 2.07. The number of carbonyl (C=O) groups excluding carboxylic acids is 3. The van der Waals surface area contributed by atoms with Crippen molar-refractivity contribution in [2.75, 3.05) is 11.9 Å². The molecule has 2 aromatic carbocycles. The molecule has 9 heteroatoms. The van der Waals surface area contributed by atoms with Crippen LogP contribution in [0.5, 0.6) is 5.75 Å². The SMILES string of the molecule is CC(C)NC(=O)C(=O)N/N=C\c1ccc(OCC(=O)Nc2ccc(F)cc2)cc1. The Balaban J connectivity index is 1.77. The van der Waals surface area contributed by atoms with E-state index in [0.29, 0.717) is 17.0 Å². The van der Waals surface area contributed by atoms with Crippen molar-refractivity contribution < 1.29 is 23.5 Å². The molecule has 8 nitrogen and oxygen atoms in total. The Bertz CT molecular complexity index is 880. The summed E-state index contributed by atoms with van der Waals surface area (Å²) in [6.07, 6.45) is 1.37. The zero-order valence-electron chi connectivity index (χ0n) is 15.9. The minimum absolute atomic E-state index is 0.150. The van der Waals surface area contributed by atoms with Gasteiger partial charge >= 0.3 is 11.8 Å². The fourth-order valence-electron chi connectivity index (χ4n) is 2.07. The van der Waals surface area contributed by atoms with Crippen LogP contribution >= 0.6 is 0 Å². The molecule has 0 aliphatic heterocycles. The van der Waals surface area contributed by atoms with E-state index in [4.69, 9.17) is 4.74 Å². The number of halogens is 1. The van der Waals surface area contributed by atoms with Crippen molar-refractivity contribution in [3.8, 4) is 5.75 Å². The lowest BCUT2D eigenvalue weighted by Crippen LogP contribution is -2.41. The van der Waals surface area contributed by atoms with Crippen molar-refractivity contribution in [3.63, 3.8) is 0 Å². The largest absolute Gasteiger partial charge is 0.484 e. The Morgan fingerprint density at radius 1 is 1.03 bits per heavy atom. The zero-order valence-corrected chi connectivity index (χ0v) is 15.9. The molecule has 2 rings (SSSR count). The van der Waals surface area contributed by atoms with Crippen LogP contribution in [0.15, 0.2) is 53.6 Å². The Labute approximate surface area is 167 Å². The minimum Gasteiger partial charge on any atom is -0.484 e. The molecular formula is C20H21FN4O4. The molecule has 0 heterocycles. The quantitative estimate of drug-likeness (QED) is 0.374. The predicted octanol–water partition coefficient (Wildman–Crippen LogP) is 1.82. The Morgan fingerprint density at radius 2 is 1.69 bits per heavy atom. The first-order valence-corrected chi connectivity index (χ1v) is 8.75. The second kappa shape index (κ2) is 10.5. The highest BCUT2D eigenvalue weighted by Gasteiger charge is 2.12. The van der Waals surface area contributed by atoms with E-state index in [9.17, 15) is 18.8 Å². The van der Waals surface area contributed by atoms with E-state index in [-0.39, 0.29) is 24.4 Å². The average molecular weight is 400 g/mol. The van der Waals surface area contributed by atoms with E-state index in [1.165, 1.54) is 30.5 Å². The maximum Gasteiger partial charge on any atom is 0.329 e. The van der Waals surface area contributed by atoms with E-state index in [0.717, 1.165) is 0 Å². The number of benzene rings is 2. The van der Waals surface area contributed by atoms with Crippen LogP contribution in [-0.2, 0) is 14.4 Å². The van der Waals surface area contributed by atoms with Crippen molar-refractivity contribution in [2.45, 2.75) is 19.9 Å². The number of hydrogen-bond acceptors (Lipinski definition) is 5. The number of hydrogen-bond donors (Lipinski definition) is 3. The molecule has 0 spiro atoms. The predicted molar refractivity (Wildman–Crippen MR) is 106 cm³/mol. The van der Waals surface area contributed by atoms with Gasteiger partial charge < -0.3 is 15.4 Å². The highest BCUT2D eigenvalue weighted by molar-refractivity contribution is 6.35. The summed E-state index contributed by atoms with van der Waals surface area (Å²) in [5.74, 6) is -1.94. The van der Waals surface area contributed by atoms with E-state index in [1.54, 1.807) is 38.1 Å². The highest BCUT2D eigenvalue weighted by atomic mass is 19.1. The number of nitrogens with zero attached hydrogens (tertiary/aromatic N) is 1. The lowest BCUT2D eigenvalue weighted by Gasteiger charge is -2.08. The zero-order chi connectivity index (χ0) is 21.2. The minimum atomic E-state index is -0.859. The second-order valence-corrected chi connectivity index (χ2v) is 6.24. The van der Waals surface area contributed by atoms with E-state index >= 15 is 0 Å². The molecule has 0 aliphatic rings. The summed E-state index contributed by atoms with van der Waals surface area (Å²) in [6.45, 7) is 3.26. The molecule has 3 amide bonds. The van der Waals surface area contributed by atoms with Gasteiger partial charge in [0.05, 0.1) is 6.21 Å². The molecule has 0 saturated heterocycles. The van der Waals surface area contributed by atoms with Crippen LogP contribution in [0.2, 0.25) is 0 Å². The Hall–Kier alpha value is -3.75. The number of anilines is 1. The molecule has 0 saturated carbocycles. The molecule has 152 valence electrons.